The van der Waals surface area contributed by atoms with E-state index in [0.29, 0.717) is 16.6 Å². The number of nitrogens with zero attached hydrogens (tertiary/aromatic N) is 4. The summed E-state index contributed by atoms with van der Waals surface area (Å²) < 4.78 is 0. The monoisotopic (exact) mass is 377 g/mol. The van der Waals surface area contributed by atoms with E-state index in [-0.39, 0.29) is 0 Å². The first-order valence-corrected chi connectivity index (χ1v) is 9.47. The minimum absolute atomic E-state index is 0.360. The number of rotatable bonds is 4. The lowest BCUT2D eigenvalue weighted by atomic mass is 10.0. The van der Waals surface area contributed by atoms with E-state index in [4.69, 9.17) is 11.6 Å². The molecule has 27 heavy (non-hydrogen) atoms. The molecule has 0 amide bonds. The van der Waals surface area contributed by atoms with Gasteiger partial charge in [-0.3, -0.25) is 9.88 Å². The third-order valence-electron chi connectivity index (χ3n) is 4.96. The lowest BCUT2D eigenvalue weighted by Gasteiger charge is -2.32. The van der Waals surface area contributed by atoms with E-state index < -0.39 is 0 Å². The Labute approximate surface area is 163 Å². The van der Waals surface area contributed by atoms with Gasteiger partial charge >= 0.3 is 0 Å². The van der Waals surface area contributed by atoms with Gasteiger partial charge in [-0.05, 0) is 48.7 Å². The minimum Gasteiger partial charge on any atom is -0.367 e. The maximum Gasteiger partial charge on any atom is 0.128 e. The largest absolute Gasteiger partial charge is 0.367 e. The quantitative estimate of drug-likeness (QED) is 0.737. The highest BCUT2D eigenvalue weighted by atomic mass is 35.5. The van der Waals surface area contributed by atoms with Gasteiger partial charge in [0.1, 0.15) is 5.82 Å². The van der Waals surface area contributed by atoms with Crippen LogP contribution < -0.4 is 5.32 Å². The molecule has 136 valence electrons. The highest BCUT2D eigenvalue weighted by molar-refractivity contribution is 6.31. The molecule has 1 aliphatic rings. The number of benzene rings is 1. The van der Waals surface area contributed by atoms with Crippen LogP contribution in [0.2, 0.25) is 5.02 Å². The third kappa shape index (κ3) is 4.19. The van der Waals surface area contributed by atoms with Crippen molar-refractivity contribution in [3.05, 3.63) is 64.9 Å². The molecule has 4 rings (SSSR count). The Kier molecular flexibility index (Phi) is 5.19. The molecule has 0 unspecified atom stereocenters. The molecule has 6 heteroatoms. The average Bonchev–Trinajstić information content (AvgIpc) is 2.70. The Balaban J connectivity index is 1.42. The fourth-order valence-electron chi connectivity index (χ4n) is 3.56. The predicted octanol–water partition coefficient (Wildman–Crippen LogP) is 4.23. The second kappa shape index (κ2) is 7.91. The van der Waals surface area contributed by atoms with Crippen LogP contribution in [-0.4, -0.2) is 34.0 Å². The van der Waals surface area contributed by atoms with Crippen molar-refractivity contribution in [1.82, 2.24) is 14.9 Å². The molecule has 0 spiro atoms. The predicted molar refractivity (Wildman–Crippen MR) is 108 cm³/mol. The number of hydrogen-bond donors (Lipinski definition) is 1. The van der Waals surface area contributed by atoms with E-state index >= 15 is 0 Å². The highest BCUT2D eigenvalue weighted by Gasteiger charge is 2.20. The SMILES string of the molecule is N#Cc1cc(NC2CCN(Cc3cccnc3)CC2)nc2ccc(Cl)cc12. The van der Waals surface area contributed by atoms with Crippen LogP contribution in [0.1, 0.15) is 24.0 Å². The summed E-state index contributed by atoms with van der Waals surface area (Å²) in [5, 5.41) is 14.4. The maximum atomic E-state index is 9.47. The molecule has 5 nitrogen and oxygen atoms in total. The molecule has 1 saturated heterocycles. The van der Waals surface area contributed by atoms with Crippen LogP contribution in [0.5, 0.6) is 0 Å². The smallest absolute Gasteiger partial charge is 0.128 e. The van der Waals surface area contributed by atoms with Crippen LogP contribution in [0.4, 0.5) is 5.82 Å². The van der Waals surface area contributed by atoms with E-state index in [0.717, 1.165) is 49.2 Å². The number of piperidine rings is 1. The molecular formula is C21H20ClN5. The molecule has 3 heterocycles. The fourth-order valence-corrected chi connectivity index (χ4v) is 3.73. The second-order valence-electron chi connectivity index (χ2n) is 6.88. The van der Waals surface area contributed by atoms with Crippen molar-refractivity contribution >= 4 is 28.3 Å². The van der Waals surface area contributed by atoms with E-state index in [2.05, 4.69) is 32.3 Å². The van der Waals surface area contributed by atoms with Crippen LogP contribution in [-0.2, 0) is 6.54 Å². The summed E-state index contributed by atoms with van der Waals surface area (Å²) in [6.45, 7) is 3.00. The Bertz CT molecular complexity index is 975. The number of halogens is 1. The van der Waals surface area contributed by atoms with Gasteiger partial charge in [0, 0.05) is 48.5 Å². The highest BCUT2D eigenvalue weighted by Crippen LogP contribution is 2.25. The van der Waals surface area contributed by atoms with E-state index in [1.165, 1.54) is 5.56 Å². The lowest BCUT2D eigenvalue weighted by molar-refractivity contribution is 0.211. The van der Waals surface area contributed by atoms with Crippen molar-refractivity contribution in [3.63, 3.8) is 0 Å². The van der Waals surface area contributed by atoms with E-state index in [1.807, 2.05) is 24.4 Å². The summed E-state index contributed by atoms with van der Waals surface area (Å²) in [5.74, 6) is 0.757. The number of nitrogens with one attached hydrogen (secondary N) is 1. The molecule has 1 fully saturated rings. The van der Waals surface area contributed by atoms with Crippen molar-refractivity contribution < 1.29 is 0 Å². The van der Waals surface area contributed by atoms with Crippen LogP contribution in [0, 0.1) is 11.3 Å². The fraction of sp³-hybridized carbons (Fsp3) is 0.286. The molecule has 0 radical (unpaired) electrons. The van der Waals surface area contributed by atoms with Gasteiger partial charge in [0.25, 0.3) is 0 Å². The molecule has 1 aromatic carbocycles. The summed E-state index contributed by atoms with van der Waals surface area (Å²) in [6, 6.07) is 14.0. The molecule has 1 aliphatic heterocycles. The standard InChI is InChI=1S/C21H20ClN5/c22-17-3-4-20-19(11-17)16(12-23)10-21(26-20)25-18-5-8-27(9-6-18)14-15-2-1-7-24-13-15/h1-4,7,10-11,13,18H,5-6,8-9,14H2,(H,25,26). The van der Waals surface area contributed by atoms with Gasteiger partial charge in [0.2, 0.25) is 0 Å². The first kappa shape index (κ1) is 17.7. The van der Waals surface area contributed by atoms with Gasteiger partial charge in [-0.1, -0.05) is 17.7 Å². The molecule has 0 aliphatic carbocycles. The van der Waals surface area contributed by atoms with Crippen molar-refractivity contribution in [1.29, 1.82) is 5.26 Å². The summed E-state index contributed by atoms with van der Waals surface area (Å²) in [7, 11) is 0. The summed E-state index contributed by atoms with van der Waals surface area (Å²) in [5.41, 5.74) is 2.63. The minimum atomic E-state index is 0.360. The topological polar surface area (TPSA) is 64.8 Å². The van der Waals surface area contributed by atoms with Crippen molar-refractivity contribution in [2.24, 2.45) is 0 Å². The number of pyridine rings is 2. The first-order valence-electron chi connectivity index (χ1n) is 9.09. The lowest BCUT2D eigenvalue weighted by Crippen LogP contribution is -2.38. The zero-order chi connectivity index (χ0) is 18.6. The molecule has 1 N–H and O–H groups in total. The van der Waals surface area contributed by atoms with Gasteiger partial charge < -0.3 is 5.32 Å². The van der Waals surface area contributed by atoms with Gasteiger partial charge in [-0.15, -0.1) is 0 Å². The summed E-state index contributed by atoms with van der Waals surface area (Å²) >= 11 is 6.05. The van der Waals surface area contributed by atoms with Gasteiger partial charge in [0.15, 0.2) is 0 Å². The summed E-state index contributed by atoms with van der Waals surface area (Å²) in [6.07, 6.45) is 5.82. The van der Waals surface area contributed by atoms with Crippen molar-refractivity contribution in [2.45, 2.75) is 25.4 Å². The van der Waals surface area contributed by atoms with Crippen LogP contribution in [0.3, 0.4) is 0 Å². The van der Waals surface area contributed by atoms with E-state index in [9.17, 15) is 5.26 Å². The molecule has 0 atom stereocenters. The maximum absolute atomic E-state index is 9.47. The number of likely N-dealkylation sites (tertiary alicyclic amines) is 1. The number of nitriles is 1. The Hall–Kier alpha value is -2.68. The Morgan fingerprint density at radius 3 is 2.81 bits per heavy atom. The Morgan fingerprint density at radius 1 is 1.22 bits per heavy atom. The second-order valence-corrected chi connectivity index (χ2v) is 7.32. The van der Waals surface area contributed by atoms with Crippen molar-refractivity contribution in [2.75, 3.05) is 18.4 Å². The molecular weight excluding hydrogens is 358 g/mol. The zero-order valence-electron chi connectivity index (χ0n) is 14.9. The number of hydrogen-bond acceptors (Lipinski definition) is 5. The number of anilines is 1. The van der Waals surface area contributed by atoms with E-state index in [1.54, 1.807) is 18.3 Å². The van der Waals surface area contributed by atoms with Gasteiger partial charge in [0.05, 0.1) is 17.1 Å². The number of fused-ring (bicyclic) bond motifs is 1. The third-order valence-corrected chi connectivity index (χ3v) is 5.19. The van der Waals surface area contributed by atoms with Crippen LogP contribution in [0.15, 0.2) is 48.8 Å². The normalized spacial score (nSPS) is 15.6. The van der Waals surface area contributed by atoms with Gasteiger partial charge in [-0.25, -0.2) is 4.98 Å². The Morgan fingerprint density at radius 2 is 2.07 bits per heavy atom. The van der Waals surface area contributed by atoms with Crippen molar-refractivity contribution in [3.8, 4) is 6.07 Å². The molecule has 0 saturated carbocycles. The first-order chi connectivity index (χ1) is 13.2. The number of aromatic nitrogens is 2. The van der Waals surface area contributed by atoms with Crippen LogP contribution >= 0.6 is 11.6 Å². The summed E-state index contributed by atoms with van der Waals surface area (Å²) in [4.78, 5) is 11.3. The molecule has 0 bridgehead atoms. The van der Waals surface area contributed by atoms with Crippen LogP contribution in [0.25, 0.3) is 10.9 Å². The zero-order valence-corrected chi connectivity index (χ0v) is 15.7. The van der Waals surface area contributed by atoms with Gasteiger partial charge in [-0.2, -0.15) is 5.26 Å². The molecule has 2 aromatic heterocycles. The molecule has 3 aromatic rings. The average molecular weight is 378 g/mol.